The number of thiocarbonyl (C=S) groups is 1. The van der Waals surface area contributed by atoms with Crippen molar-refractivity contribution in [1.82, 2.24) is 15.3 Å². The molecule has 10 heteroatoms. The number of hydrogen-bond acceptors (Lipinski definition) is 5. The number of amides is 3. The van der Waals surface area contributed by atoms with Gasteiger partial charge in [0.1, 0.15) is 11.6 Å². The molecular formula is C15H14Cl2N4O3S. The second-order valence-electron chi connectivity index (χ2n) is 6.18. The molecule has 2 N–H and O–H groups in total. The minimum absolute atomic E-state index is 0.0367. The lowest BCUT2D eigenvalue weighted by molar-refractivity contribution is -0.154. The number of rotatable bonds is 2. The lowest BCUT2D eigenvalue weighted by Crippen LogP contribution is -2.71. The molecule has 0 spiro atoms. The number of benzene rings is 1. The topological polar surface area (TPSA) is 81.8 Å². The van der Waals surface area contributed by atoms with Crippen LogP contribution in [0.5, 0.6) is 0 Å². The SMILES string of the molecule is CC1(C)C(=O)NC(=S)N2C(=O)C[C@H](C(=O)Nc3cccc(Cl)c3Cl)N21. The van der Waals surface area contributed by atoms with Crippen LogP contribution >= 0.6 is 35.4 Å². The van der Waals surface area contributed by atoms with E-state index in [0.29, 0.717) is 10.7 Å². The zero-order valence-corrected chi connectivity index (χ0v) is 15.6. The number of fused-ring (bicyclic) bond motifs is 1. The van der Waals surface area contributed by atoms with Crippen LogP contribution in [0.25, 0.3) is 0 Å². The van der Waals surface area contributed by atoms with E-state index in [4.69, 9.17) is 35.4 Å². The number of carbonyl (C=O) groups excluding carboxylic acids is 3. The number of anilines is 1. The van der Waals surface area contributed by atoms with E-state index in [1.54, 1.807) is 32.0 Å². The molecule has 25 heavy (non-hydrogen) atoms. The number of carbonyl (C=O) groups is 3. The van der Waals surface area contributed by atoms with E-state index in [9.17, 15) is 14.4 Å². The average Bonchev–Trinajstić information content (AvgIpc) is 2.89. The van der Waals surface area contributed by atoms with E-state index in [0.717, 1.165) is 0 Å². The van der Waals surface area contributed by atoms with E-state index in [2.05, 4.69) is 10.6 Å². The standard InChI is InChI=1S/C15H14Cl2N4O3S/c1-15(2)13(24)19-14(25)20-10(22)6-9(21(15)20)12(23)18-8-5-3-4-7(16)11(8)17/h3-5,9H,6H2,1-2H3,(H,18,23)(H,19,24,25)/t9-/m1/s1. The maximum absolute atomic E-state index is 12.8. The summed E-state index contributed by atoms with van der Waals surface area (Å²) < 4.78 is 0. The van der Waals surface area contributed by atoms with Gasteiger partial charge in [0.15, 0.2) is 5.11 Å². The highest BCUT2D eigenvalue weighted by molar-refractivity contribution is 7.80. The fourth-order valence-corrected chi connectivity index (χ4v) is 3.51. The third-order valence-corrected chi connectivity index (χ3v) is 5.26. The predicted octanol–water partition coefficient (Wildman–Crippen LogP) is 1.94. The van der Waals surface area contributed by atoms with Gasteiger partial charge in [0.25, 0.3) is 0 Å². The summed E-state index contributed by atoms with van der Waals surface area (Å²) in [6.45, 7) is 3.23. The first-order valence-corrected chi connectivity index (χ1v) is 8.53. The highest BCUT2D eigenvalue weighted by Gasteiger charge is 2.56. The molecule has 0 saturated carbocycles. The van der Waals surface area contributed by atoms with Crippen LogP contribution in [-0.4, -0.2) is 44.4 Å². The van der Waals surface area contributed by atoms with Crippen molar-refractivity contribution in [2.45, 2.75) is 31.8 Å². The van der Waals surface area contributed by atoms with Crippen LogP contribution in [0.3, 0.4) is 0 Å². The molecule has 2 fully saturated rings. The van der Waals surface area contributed by atoms with Crippen LogP contribution in [0.2, 0.25) is 10.0 Å². The molecular weight excluding hydrogens is 387 g/mol. The minimum Gasteiger partial charge on any atom is -0.323 e. The van der Waals surface area contributed by atoms with Gasteiger partial charge in [-0.15, -0.1) is 0 Å². The van der Waals surface area contributed by atoms with Crippen LogP contribution < -0.4 is 10.6 Å². The molecule has 0 aromatic heterocycles. The van der Waals surface area contributed by atoms with Crippen molar-refractivity contribution < 1.29 is 14.4 Å². The van der Waals surface area contributed by atoms with Gasteiger partial charge in [0.05, 0.1) is 22.2 Å². The average molecular weight is 401 g/mol. The first-order valence-electron chi connectivity index (χ1n) is 7.37. The zero-order chi connectivity index (χ0) is 18.5. The summed E-state index contributed by atoms with van der Waals surface area (Å²) in [6.07, 6.45) is -0.109. The van der Waals surface area contributed by atoms with E-state index in [1.807, 2.05) is 0 Å². The van der Waals surface area contributed by atoms with Gasteiger partial charge < -0.3 is 5.32 Å². The Labute approximate surface area is 159 Å². The Kier molecular flexibility index (Phi) is 4.48. The van der Waals surface area contributed by atoms with Crippen LogP contribution in [0, 0.1) is 0 Å². The van der Waals surface area contributed by atoms with Gasteiger partial charge in [-0.05, 0) is 38.2 Å². The number of hydrazine groups is 1. The Bertz CT molecular complexity index is 814. The summed E-state index contributed by atoms with van der Waals surface area (Å²) in [5, 5.41) is 8.18. The molecule has 1 atom stereocenters. The third-order valence-electron chi connectivity index (χ3n) is 4.17. The van der Waals surface area contributed by atoms with Gasteiger partial charge in [-0.2, -0.15) is 5.01 Å². The van der Waals surface area contributed by atoms with E-state index >= 15 is 0 Å². The van der Waals surface area contributed by atoms with Crippen LogP contribution in [0.4, 0.5) is 5.69 Å². The van der Waals surface area contributed by atoms with Crippen molar-refractivity contribution >= 4 is 63.9 Å². The normalized spacial score (nSPS) is 22.6. The fourth-order valence-electron chi connectivity index (χ4n) is 2.88. The molecule has 1 aromatic carbocycles. The summed E-state index contributed by atoms with van der Waals surface area (Å²) in [6, 6.07) is 3.93. The molecule has 3 amide bonds. The summed E-state index contributed by atoms with van der Waals surface area (Å²) >= 11 is 17.1. The summed E-state index contributed by atoms with van der Waals surface area (Å²) in [5.74, 6) is -1.23. The molecule has 1 aromatic rings. The molecule has 0 aliphatic carbocycles. The monoisotopic (exact) mass is 400 g/mol. The second-order valence-corrected chi connectivity index (χ2v) is 7.35. The van der Waals surface area contributed by atoms with Gasteiger partial charge in [-0.1, -0.05) is 29.3 Å². The van der Waals surface area contributed by atoms with E-state index < -0.39 is 17.5 Å². The molecule has 3 rings (SSSR count). The van der Waals surface area contributed by atoms with Gasteiger partial charge >= 0.3 is 0 Å². The molecule has 2 saturated heterocycles. The fraction of sp³-hybridized carbons (Fsp3) is 0.333. The number of halogens is 2. The van der Waals surface area contributed by atoms with Gasteiger partial charge in [-0.3, -0.25) is 19.7 Å². The Morgan fingerprint density at radius 2 is 2.04 bits per heavy atom. The van der Waals surface area contributed by atoms with Crippen molar-refractivity contribution in [3.63, 3.8) is 0 Å². The Hall–Kier alpha value is -1.74. The van der Waals surface area contributed by atoms with Crippen LogP contribution in [0.15, 0.2) is 18.2 Å². The lowest BCUT2D eigenvalue weighted by Gasteiger charge is -2.45. The highest BCUT2D eigenvalue weighted by Crippen LogP contribution is 2.34. The molecule has 132 valence electrons. The summed E-state index contributed by atoms with van der Waals surface area (Å²) in [5.41, 5.74) is -0.805. The molecule has 2 aliphatic rings. The van der Waals surface area contributed by atoms with Crippen molar-refractivity contribution in [1.29, 1.82) is 0 Å². The minimum atomic E-state index is -1.13. The Balaban J connectivity index is 1.92. The molecule has 0 radical (unpaired) electrons. The first-order chi connectivity index (χ1) is 11.6. The van der Waals surface area contributed by atoms with Crippen molar-refractivity contribution in [2.24, 2.45) is 0 Å². The lowest BCUT2D eigenvalue weighted by atomic mass is 10.00. The molecule has 0 bridgehead atoms. The largest absolute Gasteiger partial charge is 0.323 e. The maximum Gasteiger partial charge on any atom is 0.248 e. The molecule has 0 unspecified atom stereocenters. The molecule has 7 nitrogen and oxygen atoms in total. The van der Waals surface area contributed by atoms with E-state index in [-0.39, 0.29) is 28.4 Å². The third kappa shape index (κ3) is 2.89. The molecule has 2 heterocycles. The quantitative estimate of drug-likeness (QED) is 0.741. The number of nitrogens with zero attached hydrogens (tertiary/aromatic N) is 2. The maximum atomic E-state index is 12.8. The predicted molar refractivity (Wildman–Crippen MR) is 97.0 cm³/mol. The summed E-state index contributed by atoms with van der Waals surface area (Å²) in [4.78, 5) is 37.3. The Morgan fingerprint density at radius 1 is 1.36 bits per heavy atom. The van der Waals surface area contributed by atoms with Gasteiger partial charge in [-0.25, -0.2) is 5.01 Å². The molecule has 2 aliphatic heterocycles. The zero-order valence-electron chi connectivity index (χ0n) is 13.3. The van der Waals surface area contributed by atoms with Crippen LogP contribution in [-0.2, 0) is 14.4 Å². The van der Waals surface area contributed by atoms with Gasteiger partial charge in [0, 0.05) is 0 Å². The smallest absolute Gasteiger partial charge is 0.248 e. The van der Waals surface area contributed by atoms with E-state index in [1.165, 1.54) is 10.0 Å². The van der Waals surface area contributed by atoms with Crippen molar-refractivity contribution in [3.8, 4) is 0 Å². The van der Waals surface area contributed by atoms with Gasteiger partial charge in [0.2, 0.25) is 17.7 Å². The Morgan fingerprint density at radius 3 is 2.72 bits per heavy atom. The number of hydrogen-bond donors (Lipinski definition) is 2. The summed E-state index contributed by atoms with van der Waals surface area (Å²) in [7, 11) is 0. The van der Waals surface area contributed by atoms with Crippen molar-refractivity contribution in [2.75, 3.05) is 5.32 Å². The van der Waals surface area contributed by atoms with Crippen molar-refractivity contribution in [3.05, 3.63) is 28.2 Å². The second kappa shape index (κ2) is 6.21. The first kappa shape index (κ1) is 18.1. The van der Waals surface area contributed by atoms with Crippen LogP contribution in [0.1, 0.15) is 20.3 Å². The highest BCUT2D eigenvalue weighted by atomic mass is 35.5. The number of nitrogens with one attached hydrogen (secondary N) is 2.